The highest BCUT2D eigenvalue weighted by atomic mass is 35.5. The van der Waals surface area contributed by atoms with E-state index in [1.54, 1.807) is 32.4 Å². The van der Waals surface area contributed by atoms with Gasteiger partial charge in [0.2, 0.25) is 11.3 Å². The SMILES string of the molecule is COc1ccc2c(-c3ccc(Cl)c(N)c3)noc2c1OC. The molecule has 0 aliphatic heterocycles. The second kappa shape index (κ2) is 5.18. The van der Waals surface area contributed by atoms with E-state index in [1.165, 1.54) is 0 Å². The third kappa shape index (κ3) is 2.15. The largest absolute Gasteiger partial charge is 0.493 e. The summed E-state index contributed by atoms with van der Waals surface area (Å²) in [6.45, 7) is 0. The number of nitrogens with zero attached hydrogens (tertiary/aromatic N) is 1. The van der Waals surface area contributed by atoms with Crippen molar-refractivity contribution in [1.29, 1.82) is 0 Å². The molecule has 0 radical (unpaired) electrons. The third-order valence-corrected chi connectivity index (χ3v) is 3.60. The molecule has 108 valence electrons. The number of rotatable bonds is 3. The Morgan fingerprint density at radius 3 is 2.62 bits per heavy atom. The Morgan fingerprint density at radius 1 is 1.14 bits per heavy atom. The van der Waals surface area contributed by atoms with E-state index in [-0.39, 0.29) is 0 Å². The van der Waals surface area contributed by atoms with Crippen molar-refractivity contribution >= 4 is 28.3 Å². The fraction of sp³-hybridized carbons (Fsp3) is 0.133. The summed E-state index contributed by atoms with van der Waals surface area (Å²) < 4.78 is 16.0. The first-order valence-corrected chi connectivity index (χ1v) is 6.59. The number of hydrogen-bond donors (Lipinski definition) is 1. The first kappa shape index (κ1) is 13.6. The second-order valence-corrected chi connectivity index (χ2v) is 4.85. The molecule has 5 nitrogen and oxygen atoms in total. The number of hydrogen-bond acceptors (Lipinski definition) is 5. The molecule has 6 heteroatoms. The van der Waals surface area contributed by atoms with Gasteiger partial charge in [0, 0.05) is 5.56 Å². The van der Waals surface area contributed by atoms with Crippen LogP contribution in [-0.4, -0.2) is 19.4 Å². The van der Waals surface area contributed by atoms with Crippen molar-refractivity contribution in [2.45, 2.75) is 0 Å². The van der Waals surface area contributed by atoms with Gasteiger partial charge in [0.05, 0.1) is 30.3 Å². The number of ether oxygens (including phenoxy) is 2. The molecule has 2 aromatic carbocycles. The Hall–Kier alpha value is -2.40. The van der Waals surface area contributed by atoms with E-state index in [2.05, 4.69) is 5.16 Å². The first-order valence-electron chi connectivity index (χ1n) is 6.21. The highest BCUT2D eigenvalue weighted by molar-refractivity contribution is 6.33. The van der Waals surface area contributed by atoms with Gasteiger partial charge in [0.25, 0.3) is 0 Å². The van der Waals surface area contributed by atoms with Gasteiger partial charge in [-0.25, -0.2) is 0 Å². The molecule has 0 saturated heterocycles. The number of halogens is 1. The molecule has 3 aromatic rings. The smallest absolute Gasteiger partial charge is 0.213 e. The highest BCUT2D eigenvalue weighted by Gasteiger charge is 2.18. The number of nitrogens with two attached hydrogens (primary N) is 1. The summed E-state index contributed by atoms with van der Waals surface area (Å²) >= 11 is 5.94. The summed E-state index contributed by atoms with van der Waals surface area (Å²) in [7, 11) is 3.13. The molecule has 0 fully saturated rings. The molecule has 1 aromatic heterocycles. The van der Waals surface area contributed by atoms with Gasteiger partial charge in [0.15, 0.2) is 5.75 Å². The Bertz CT molecular complexity index is 814. The zero-order valence-electron chi connectivity index (χ0n) is 11.5. The average Bonchev–Trinajstić information content (AvgIpc) is 2.92. The van der Waals surface area contributed by atoms with Crippen molar-refractivity contribution in [3.8, 4) is 22.8 Å². The van der Waals surface area contributed by atoms with Gasteiger partial charge < -0.3 is 19.7 Å². The number of aromatic nitrogens is 1. The number of nitrogen functional groups attached to an aromatic ring is 1. The molecule has 0 saturated carbocycles. The second-order valence-electron chi connectivity index (χ2n) is 4.45. The maximum atomic E-state index is 5.94. The standard InChI is InChI=1S/C15H13ClN2O3/c1-19-12-6-4-9-13(18-21-14(9)15(12)20-2)8-3-5-10(16)11(17)7-8/h3-7H,17H2,1-2H3. The third-order valence-electron chi connectivity index (χ3n) is 3.25. The minimum absolute atomic E-state index is 0.491. The van der Waals surface area contributed by atoms with E-state index in [4.69, 9.17) is 31.3 Å². The molecule has 0 bridgehead atoms. The van der Waals surface area contributed by atoms with Gasteiger partial charge in [-0.2, -0.15) is 0 Å². The number of anilines is 1. The molecule has 0 amide bonds. The summed E-state index contributed by atoms with van der Waals surface area (Å²) in [6.07, 6.45) is 0. The van der Waals surface area contributed by atoms with Crippen LogP contribution in [0.25, 0.3) is 22.2 Å². The van der Waals surface area contributed by atoms with E-state index in [1.807, 2.05) is 12.1 Å². The summed E-state index contributed by atoms with van der Waals surface area (Å²) in [6, 6.07) is 9.00. The lowest BCUT2D eigenvalue weighted by atomic mass is 10.1. The van der Waals surface area contributed by atoms with E-state index in [0.717, 1.165) is 10.9 Å². The molecule has 0 unspecified atom stereocenters. The van der Waals surface area contributed by atoms with Crippen LogP contribution in [0.3, 0.4) is 0 Å². The van der Waals surface area contributed by atoms with Gasteiger partial charge in [-0.1, -0.05) is 22.8 Å². The quantitative estimate of drug-likeness (QED) is 0.746. The Morgan fingerprint density at radius 2 is 1.95 bits per heavy atom. The van der Waals surface area contributed by atoms with Crippen molar-refractivity contribution in [2.75, 3.05) is 20.0 Å². The van der Waals surface area contributed by atoms with Gasteiger partial charge in [-0.15, -0.1) is 0 Å². The maximum Gasteiger partial charge on any atom is 0.213 e. The Labute approximate surface area is 126 Å². The van der Waals surface area contributed by atoms with Crippen LogP contribution >= 0.6 is 11.6 Å². The van der Waals surface area contributed by atoms with Crippen molar-refractivity contribution in [2.24, 2.45) is 0 Å². The zero-order chi connectivity index (χ0) is 15.0. The Balaban J connectivity index is 2.23. The Kier molecular flexibility index (Phi) is 3.35. The number of methoxy groups -OCH3 is 2. The highest BCUT2D eigenvalue weighted by Crippen LogP contribution is 2.40. The lowest BCUT2D eigenvalue weighted by Gasteiger charge is -2.06. The van der Waals surface area contributed by atoms with Crippen molar-refractivity contribution in [3.05, 3.63) is 35.4 Å². The topological polar surface area (TPSA) is 70.5 Å². The molecule has 0 atom stereocenters. The van der Waals surface area contributed by atoms with E-state index in [0.29, 0.717) is 33.5 Å². The van der Waals surface area contributed by atoms with E-state index >= 15 is 0 Å². The molecule has 2 N–H and O–H groups in total. The predicted molar refractivity (Wildman–Crippen MR) is 82.0 cm³/mol. The maximum absolute atomic E-state index is 5.94. The normalized spacial score (nSPS) is 10.8. The van der Waals surface area contributed by atoms with Crippen molar-refractivity contribution in [3.63, 3.8) is 0 Å². The van der Waals surface area contributed by atoms with Gasteiger partial charge in [0.1, 0.15) is 5.69 Å². The lowest BCUT2D eigenvalue weighted by molar-refractivity contribution is 0.348. The number of benzene rings is 2. The van der Waals surface area contributed by atoms with Crippen LogP contribution in [0, 0.1) is 0 Å². The van der Waals surface area contributed by atoms with Crippen LogP contribution in [-0.2, 0) is 0 Å². The minimum Gasteiger partial charge on any atom is -0.493 e. The monoisotopic (exact) mass is 304 g/mol. The molecule has 3 rings (SSSR count). The van der Waals surface area contributed by atoms with Gasteiger partial charge in [-0.05, 0) is 24.3 Å². The molecular formula is C15H13ClN2O3. The van der Waals surface area contributed by atoms with Crippen LogP contribution < -0.4 is 15.2 Å². The van der Waals surface area contributed by atoms with Crippen LogP contribution in [0.15, 0.2) is 34.9 Å². The average molecular weight is 305 g/mol. The van der Waals surface area contributed by atoms with Crippen molar-refractivity contribution < 1.29 is 14.0 Å². The fourth-order valence-corrected chi connectivity index (χ4v) is 2.33. The summed E-state index contributed by atoms with van der Waals surface area (Å²) in [4.78, 5) is 0. The van der Waals surface area contributed by atoms with Crippen LogP contribution in [0.5, 0.6) is 11.5 Å². The molecular weight excluding hydrogens is 292 g/mol. The number of fused-ring (bicyclic) bond motifs is 1. The van der Waals surface area contributed by atoms with Gasteiger partial charge >= 0.3 is 0 Å². The summed E-state index contributed by atoms with van der Waals surface area (Å²) in [5.74, 6) is 1.10. The molecule has 1 heterocycles. The molecule has 0 aliphatic rings. The lowest BCUT2D eigenvalue weighted by Crippen LogP contribution is -1.90. The first-order chi connectivity index (χ1) is 10.2. The van der Waals surface area contributed by atoms with Crippen LogP contribution in [0.4, 0.5) is 5.69 Å². The van der Waals surface area contributed by atoms with Gasteiger partial charge in [-0.3, -0.25) is 0 Å². The van der Waals surface area contributed by atoms with E-state index in [9.17, 15) is 0 Å². The van der Waals surface area contributed by atoms with E-state index < -0.39 is 0 Å². The molecule has 0 aliphatic carbocycles. The van der Waals surface area contributed by atoms with Crippen LogP contribution in [0.2, 0.25) is 5.02 Å². The molecule has 0 spiro atoms. The van der Waals surface area contributed by atoms with Crippen molar-refractivity contribution in [1.82, 2.24) is 5.16 Å². The summed E-state index contributed by atoms with van der Waals surface area (Å²) in [5.41, 5.74) is 8.35. The minimum atomic E-state index is 0.491. The molecule has 21 heavy (non-hydrogen) atoms. The zero-order valence-corrected chi connectivity index (χ0v) is 12.3. The predicted octanol–water partition coefficient (Wildman–Crippen LogP) is 3.75. The van der Waals surface area contributed by atoms with Crippen LogP contribution in [0.1, 0.15) is 0 Å². The fourth-order valence-electron chi connectivity index (χ4n) is 2.22. The summed E-state index contributed by atoms with van der Waals surface area (Å²) in [5, 5.41) is 5.43.